The van der Waals surface area contributed by atoms with E-state index in [0.29, 0.717) is 17.1 Å². The molecule has 0 atom stereocenters. The molecule has 0 aliphatic heterocycles. The van der Waals surface area contributed by atoms with Crippen LogP contribution in [-0.4, -0.2) is 24.5 Å². The lowest BCUT2D eigenvalue weighted by molar-refractivity contribution is 0.102. The molecule has 7 nitrogen and oxygen atoms in total. The first-order valence-corrected chi connectivity index (χ1v) is 10.6. The number of hydrogen-bond donors (Lipinski definition) is 3. The number of nitrogens with one attached hydrogen (secondary N) is 3. The zero-order valence-electron chi connectivity index (χ0n) is 16.8. The predicted octanol–water partition coefficient (Wildman–Crippen LogP) is 4.07. The molecule has 1 amide bonds. The van der Waals surface area contributed by atoms with Gasteiger partial charge in [0.1, 0.15) is 0 Å². The Bertz CT molecular complexity index is 1110. The quantitative estimate of drug-likeness (QED) is 0.587. The van der Waals surface area contributed by atoms with E-state index < -0.39 is 10.0 Å². The molecule has 1 heterocycles. The number of hydrogen-bond acceptors (Lipinski definition) is 4. The monoisotopic (exact) mass is 412 g/mol. The van der Waals surface area contributed by atoms with Crippen LogP contribution in [0.3, 0.4) is 0 Å². The number of H-pyrrole nitrogens is 1. The number of aromatic nitrogens is 2. The number of carbonyl (C=O) groups excluding carboxylic acids is 1. The van der Waals surface area contributed by atoms with Gasteiger partial charge in [-0.25, -0.2) is 8.42 Å². The van der Waals surface area contributed by atoms with Crippen LogP contribution in [0.15, 0.2) is 59.5 Å². The molecule has 3 N–H and O–H groups in total. The van der Waals surface area contributed by atoms with Gasteiger partial charge in [0.25, 0.3) is 15.9 Å². The van der Waals surface area contributed by atoms with Crippen molar-refractivity contribution in [2.75, 3.05) is 10.0 Å². The number of aromatic amines is 1. The molecule has 1 aromatic heterocycles. The minimum absolute atomic E-state index is 0.137. The number of aryl methyl sites for hydroxylation is 1. The van der Waals surface area contributed by atoms with Gasteiger partial charge in [-0.1, -0.05) is 38.5 Å². The summed E-state index contributed by atoms with van der Waals surface area (Å²) < 4.78 is 27.4. The molecule has 29 heavy (non-hydrogen) atoms. The van der Waals surface area contributed by atoms with E-state index in [0.717, 1.165) is 11.3 Å². The zero-order valence-corrected chi connectivity index (χ0v) is 17.6. The van der Waals surface area contributed by atoms with Crippen LogP contribution in [0, 0.1) is 6.92 Å². The first-order valence-electron chi connectivity index (χ1n) is 9.11. The average Bonchev–Trinajstić information content (AvgIpc) is 3.14. The summed E-state index contributed by atoms with van der Waals surface area (Å²) in [6.07, 6.45) is 0. The van der Waals surface area contributed by atoms with Crippen molar-refractivity contribution in [1.29, 1.82) is 0 Å². The summed E-state index contributed by atoms with van der Waals surface area (Å²) in [5.41, 5.74) is 2.94. The summed E-state index contributed by atoms with van der Waals surface area (Å²) >= 11 is 0. The summed E-state index contributed by atoms with van der Waals surface area (Å²) in [6, 6.07) is 14.8. The Balaban J connectivity index is 1.68. The Labute approximate surface area is 170 Å². The topological polar surface area (TPSA) is 104 Å². The fraction of sp³-hybridized carbons (Fsp3) is 0.238. The van der Waals surface area contributed by atoms with Crippen LogP contribution in [0.2, 0.25) is 0 Å². The molecule has 0 aliphatic carbocycles. The Morgan fingerprint density at radius 3 is 2.10 bits per heavy atom. The van der Waals surface area contributed by atoms with Crippen LogP contribution >= 0.6 is 0 Å². The molecule has 0 unspecified atom stereocenters. The van der Waals surface area contributed by atoms with Crippen LogP contribution in [0.4, 0.5) is 11.4 Å². The van der Waals surface area contributed by atoms with Gasteiger partial charge in [0, 0.05) is 22.5 Å². The van der Waals surface area contributed by atoms with Gasteiger partial charge < -0.3 is 5.32 Å². The highest BCUT2D eigenvalue weighted by atomic mass is 32.2. The van der Waals surface area contributed by atoms with Crippen LogP contribution in [-0.2, 0) is 15.4 Å². The summed E-state index contributed by atoms with van der Waals surface area (Å²) in [7, 11) is -3.67. The molecule has 0 bridgehead atoms. The molecule has 2 aromatic carbocycles. The molecule has 0 fully saturated rings. The van der Waals surface area contributed by atoms with Crippen LogP contribution < -0.4 is 10.0 Å². The molecule has 0 saturated carbocycles. The largest absolute Gasteiger partial charge is 0.321 e. The van der Waals surface area contributed by atoms with Crippen molar-refractivity contribution >= 4 is 27.3 Å². The highest BCUT2D eigenvalue weighted by Gasteiger charge is 2.19. The lowest BCUT2D eigenvalue weighted by Gasteiger charge is -2.14. The van der Waals surface area contributed by atoms with E-state index in [1.807, 2.05) is 27.7 Å². The molecule has 0 saturated heterocycles. The van der Waals surface area contributed by atoms with Gasteiger partial charge in [-0.15, -0.1) is 0 Å². The van der Waals surface area contributed by atoms with Gasteiger partial charge in [0.15, 0.2) is 5.69 Å². The van der Waals surface area contributed by atoms with Crippen molar-refractivity contribution in [1.82, 2.24) is 10.2 Å². The lowest BCUT2D eigenvalue weighted by atomic mass is 9.92. The molecule has 0 spiro atoms. The fourth-order valence-corrected chi connectivity index (χ4v) is 3.63. The smallest absolute Gasteiger partial charge is 0.276 e. The van der Waals surface area contributed by atoms with Gasteiger partial charge in [0.2, 0.25) is 0 Å². The summed E-state index contributed by atoms with van der Waals surface area (Å²) in [6.45, 7) is 7.97. The molecule has 3 aromatic rings. The van der Waals surface area contributed by atoms with Crippen molar-refractivity contribution in [3.8, 4) is 0 Å². The number of carbonyl (C=O) groups is 1. The number of benzene rings is 2. The molecule has 152 valence electrons. The van der Waals surface area contributed by atoms with E-state index in [1.54, 1.807) is 54.6 Å². The minimum atomic E-state index is -3.67. The summed E-state index contributed by atoms with van der Waals surface area (Å²) in [4.78, 5) is 12.6. The average molecular weight is 413 g/mol. The van der Waals surface area contributed by atoms with Gasteiger partial charge in [-0.05, 0) is 49.4 Å². The number of rotatable bonds is 5. The van der Waals surface area contributed by atoms with Gasteiger partial charge in [-0.2, -0.15) is 5.10 Å². The highest BCUT2D eigenvalue weighted by Crippen LogP contribution is 2.22. The first-order chi connectivity index (χ1) is 13.5. The molecule has 0 aliphatic rings. The second-order valence-corrected chi connectivity index (χ2v) is 9.55. The Hall–Kier alpha value is -3.13. The van der Waals surface area contributed by atoms with Crippen molar-refractivity contribution < 1.29 is 13.2 Å². The third-order valence-corrected chi connectivity index (χ3v) is 5.74. The van der Waals surface area contributed by atoms with E-state index >= 15 is 0 Å². The van der Waals surface area contributed by atoms with Crippen molar-refractivity contribution in [2.24, 2.45) is 0 Å². The molecular weight excluding hydrogens is 388 g/mol. The van der Waals surface area contributed by atoms with Crippen molar-refractivity contribution in [2.45, 2.75) is 38.0 Å². The standard InChI is InChI=1S/C21H24N4O3S/c1-14-5-11-17(12-6-14)29(27,28)25-16-9-7-15(8-10-16)22-20(26)18-13-19(24-23-18)21(2,3)4/h5-13,25H,1-4H3,(H,22,26)(H,23,24). The van der Waals surface area contributed by atoms with E-state index in [4.69, 9.17) is 0 Å². The zero-order chi connectivity index (χ0) is 21.2. The Morgan fingerprint density at radius 1 is 0.966 bits per heavy atom. The van der Waals surface area contributed by atoms with Crippen LogP contribution in [0.5, 0.6) is 0 Å². The highest BCUT2D eigenvalue weighted by molar-refractivity contribution is 7.92. The molecular formula is C21H24N4O3S. The number of anilines is 2. The fourth-order valence-electron chi connectivity index (χ4n) is 2.57. The van der Waals surface area contributed by atoms with Crippen LogP contribution in [0.25, 0.3) is 0 Å². The van der Waals surface area contributed by atoms with Gasteiger partial charge in [-0.3, -0.25) is 14.6 Å². The van der Waals surface area contributed by atoms with Gasteiger partial charge >= 0.3 is 0 Å². The summed E-state index contributed by atoms with van der Waals surface area (Å²) in [5.74, 6) is -0.343. The molecule has 8 heteroatoms. The predicted molar refractivity (Wildman–Crippen MR) is 114 cm³/mol. The van der Waals surface area contributed by atoms with E-state index in [9.17, 15) is 13.2 Å². The second-order valence-electron chi connectivity index (χ2n) is 7.87. The Kier molecular flexibility index (Phi) is 5.48. The van der Waals surface area contributed by atoms with Crippen molar-refractivity contribution in [3.05, 3.63) is 71.5 Å². The maximum atomic E-state index is 12.5. The van der Waals surface area contributed by atoms with E-state index in [2.05, 4.69) is 20.2 Å². The van der Waals surface area contributed by atoms with Crippen molar-refractivity contribution in [3.63, 3.8) is 0 Å². The van der Waals surface area contributed by atoms with Gasteiger partial charge in [0.05, 0.1) is 4.90 Å². The summed E-state index contributed by atoms with van der Waals surface area (Å²) in [5, 5.41) is 9.69. The lowest BCUT2D eigenvalue weighted by Crippen LogP contribution is -2.14. The Morgan fingerprint density at radius 2 is 1.55 bits per heavy atom. The third-order valence-electron chi connectivity index (χ3n) is 4.34. The maximum absolute atomic E-state index is 12.5. The number of amides is 1. The second kappa shape index (κ2) is 7.71. The SMILES string of the molecule is Cc1ccc(S(=O)(=O)Nc2ccc(NC(=O)c3cc(C(C)(C)C)[nH]n3)cc2)cc1. The molecule has 3 rings (SSSR count). The van der Waals surface area contributed by atoms with E-state index in [-0.39, 0.29) is 16.2 Å². The number of sulfonamides is 1. The maximum Gasteiger partial charge on any atom is 0.276 e. The normalized spacial score (nSPS) is 11.9. The molecule has 0 radical (unpaired) electrons. The first kappa shape index (κ1) is 20.6. The number of nitrogens with zero attached hydrogens (tertiary/aromatic N) is 1. The third kappa shape index (κ3) is 5.03. The minimum Gasteiger partial charge on any atom is -0.321 e. The van der Waals surface area contributed by atoms with Crippen LogP contribution in [0.1, 0.15) is 42.5 Å². The van der Waals surface area contributed by atoms with E-state index in [1.165, 1.54) is 0 Å².